The molecule has 1 aromatic rings. The van der Waals surface area contributed by atoms with Crippen LogP contribution in [0.2, 0.25) is 0 Å². The summed E-state index contributed by atoms with van der Waals surface area (Å²) < 4.78 is 36.3. The Balaban J connectivity index is 1.77. The molecular formula is C37H53F2N5O2. The number of aliphatic hydroxyl groups is 1. The van der Waals surface area contributed by atoms with E-state index in [1.165, 1.54) is 0 Å². The second-order valence-corrected chi connectivity index (χ2v) is 13.2. The number of nitrogens with zero attached hydrogens (tertiary/aromatic N) is 3. The van der Waals surface area contributed by atoms with E-state index in [4.69, 9.17) is 4.74 Å². The number of aryl methyl sites for hydroxylation is 1. The molecule has 0 aromatic heterocycles. The van der Waals surface area contributed by atoms with E-state index in [0.29, 0.717) is 56.2 Å². The van der Waals surface area contributed by atoms with Gasteiger partial charge in [0.2, 0.25) is 0 Å². The van der Waals surface area contributed by atoms with E-state index in [-0.39, 0.29) is 12.1 Å². The fourth-order valence-corrected chi connectivity index (χ4v) is 6.17. The van der Waals surface area contributed by atoms with E-state index >= 15 is 8.78 Å². The molecule has 0 saturated carbocycles. The topological polar surface area (TPSA) is 72.4 Å². The summed E-state index contributed by atoms with van der Waals surface area (Å²) in [6.07, 6.45) is 3.93. The summed E-state index contributed by atoms with van der Waals surface area (Å²) in [4.78, 5) is 6.54. The average molecular weight is 638 g/mol. The van der Waals surface area contributed by atoms with Gasteiger partial charge in [0, 0.05) is 78.6 Å². The van der Waals surface area contributed by atoms with Crippen LogP contribution in [-0.2, 0) is 4.74 Å². The quantitative estimate of drug-likeness (QED) is 0.0895. The van der Waals surface area contributed by atoms with Crippen LogP contribution < -0.4 is 10.7 Å². The molecule has 0 spiro atoms. The highest BCUT2D eigenvalue weighted by molar-refractivity contribution is 5.85. The predicted molar refractivity (Wildman–Crippen MR) is 188 cm³/mol. The van der Waals surface area contributed by atoms with Crippen LogP contribution in [0.5, 0.6) is 0 Å². The van der Waals surface area contributed by atoms with Gasteiger partial charge >= 0.3 is 0 Å². The van der Waals surface area contributed by atoms with Crippen molar-refractivity contribution in [2.75, 3.05) is 51.8 Å². The lowest BCUT2D eigenvalue weighted by Gasteiger charge is -2.38. The maximum atomic E-state index is 15.5. The Morgan fingerprint density at radius 3 is 2.46 bits per heavy atom. The lowest BCUT2D eigenvalue weighted by Crippen LogP contribution is -2.45. The molecule has 1 saturated heterocycles. The van der Waals surface area contributed by atoms with Crippen LogP contribution in [0.25, 0.3) is 5.57 Å². The minimum Gasteiger partial charge on any atom is -0.379 e. The third-order valence-corrected chi connectivity index (χ3v) is 8.70. The van der Waals surface area contributed by atoms with E-state index in [9.17, 15) is 5.11 Å². The number of anilines is 1. The van der Waals surface area contributed by atoms with Crippen LogP contribution >= 0.6 is 0 Å². The maximum absolute atomic E-state index is 15.5. The molecule has 2 unspecified atom stereocenters. The Kier molecular flexibility index (Phi) is 12.5. The van der Waals surface area contributed by atoms with Gasteiger partial charge in [-0.2, -0.15) is 0 Å². The summed E-state index contributed by atoms with van der Waals surface area (Å²) in [5.41, 5.74) is 7.97. The molecule has 1 aromatic carbocycles. The Labute approximate surface area is 274 Å². The Morgan fingerprint density at radius 2 is 1.85 bits per heavy atom. The number of hydrogen-bond donors (Lipinski definition) is 3. The number of allylic oxidation sites excluding steroid dienone is 5. The van der Waals surface area contributed by atoms with Gasteiger partial charge in [0.15, 0.2) is 11.6 Å². The fourth-order valence-electron chi connectivity index (χ4n) is 6.17. The standard InChI is InChI=1S/C37H53F2N5O2/c1-12-40-28(7)26(5)27(6)31-21-25(4)13-14-32(31)41-37(10,45)33(24(2)3)29(8)42-43(11)22-30-15-16-36(9,35(39)34(30)38)23-44-17-19-46-20-18-44/h12-15,21,41-42,45H,6,8,16-20,22-23H2,1-5,7,9-11H3/b28-26-,40-12-. The SMILES string of the molecule is C=C(NN(C)CC1=CCC(C)(CN2CCOCC2)C(F)=C1F)C(=C(C)C)C(C)(O)Nc1ccc(C)cc1C(=C)/C(C)=C(C)\N=C/C. The number of morpholine rings is 1. The highest BCUT2D eigenvalue weighted by Gasteiger charge is 2.38. The minimum absolute atomic E-state index is 0.102. The molecule has 1 fully saturated rings. The maximum Gasteiger partial charge on any atom is 0.161 e. The first-order valence-electron chi connectivity index (χ1n) is 15.9. The van der Waals surface area contributed by atoms with E-state index in [1.54, 1.807) is 38.2 Å². The lowest BCUT2D eigenvalue weighted by molar-refractivity contribution is 0.0202. The number of rotatable bonds is 13. The van der Waals surface area contributed by atoms with Crippen molar-refractivity contribution in [3.63, 3.8) is 0 Å². The van der Waals surface area contributed by atoms with Crippen LogP contribution in [-0.4, -0.2) is 73.4 Å². The lowest BCUT2D eigenvalue weighted by atomic mass is 9.79. The van der Waals surface area contributed by atoms with Crippen molar-refractivity contribution >= 4 is 17.5 Å². The van der Waals surface area contributed by atoms with Crippen LogP contribution in [0.4, 0.5) is 14.5 Å². The second-order valence-electron chi connectivity index (χ2n) is 13.2. The van der Waals surface area contributed by atoms with Gasteiger partial charge in [0.1, 0.15) is 5.83 Å². The Hall–Kier alpha value is -3.37. The molecule has 0 amide bonds. The van der Waals surface area contributed by atoms with E-state index in [2.05, 4.69) is 33.8 Å². The molecule has 0 bridgehead atoms. The second kappa shape index (κ2) is 15.5. The van der Waals surface area contributed by atoms with Crippen molar-refractivity contribution in [1.29, 1.82) is 0 Å². The first-order chi connectivity index (χ1) is 21.5. The summed E-state index contributed by atoms with van der Waals surface area (Å²) in [6, 6.07) is 5.92. The molecule has 3 N–H and O–H groups in total. The fraction of sp³-hybridized carbons (Fsp3) is 0.486. The zero-order valence-electron chi connectivity index (χ0n) is 29.2. The Morgan fingerprint density at radius 1 is 1.20 bits per heavy atom. The van der Waals surface area contributed by atoms with E-state index in [0.717, 1.165) is 33.5 Å². The molecule has 0 radical (unpaired) electrons. The predicted octanol–water partition coefficient (Wildman–Crippen LogP) is 7.62. The van der Waals surface area contributed by atoms with Crippen molar-refractivity contribution < 1.29 is 18.6 Å². The van der Waals surface area contributed by atoms with Crippen molar-refractivity contribution in [2.45, 2.75) is 67.5 Å². The van der Waals surface area contributed by atoms with Gasteiger partial charge in [-0.05, 0) is 78.2 Å². The van der Waals surface area contributed by atoms with Gasteiger partial charge in [-0.3, -0.25) is 9.89 Å². The number of hydrogen-bond acceptors (Lipinski definition) is 7. The molecule has 2 aliphatic rings. The summed E-state index contributed by atoms with van der Waals surface area (Å²) in [6.45, 7) is 26.8. The molecule has 1 aliphatic carbocycles. The van der Waals surface area contributed by atoms with Gasteiger partial charge in [0.25, 0.3) is 0 Å². The summed E-state index contributed by atoms with van der Waals surface area (Å²) in [5, 5.41) is 16.8. The Bertz CT molecular complexity index is 1480. The average Bonchev–Trinajstić information content (AvgIpc) is 2.98. The highest BCUT2D eigenvalue weighted by atomic mass is 19.2. The van der Waals surface area contributed by atoms with E-state index in [1.807, 2.05) is 59.7 Å². The summed E-state index contributed by atoms with van der Waals surface area (Å²) in [5.74, 6) is -1.52. The van der Waals surface area contributed by atoms with Gasteiger partial charge in [-0.25, -0.2) is 13.8 Å². The monoisotopic (exact) mass is 637 g/mol. The number of likely N-dealkylation sites (N-methyl/N-ethyl adjacent to an activating group) is 1. The van der Waals surface area contributed by atoms with Crippen LogP contribution in [0.3, 0.4) is 0 Å². The minimum atomic E-state index is -1.55. The van der Waals surface area contributed by atoms with Gasteiger partial charge in [-0.1, -0.05) is 43.4 Å². The van der Waals surface area contributed by atoms with Crippen LogP contribution in [0.1, 0.15) is 66.0 Å². The first-order valence-corrected chi connectivity index (χ1v) is 15.9. The third kappa shape index (κ3) is 8.91. The summed E-state index contributed by atoms with van der Waals surface area (Å²) >= 11 is 0. The molecular weight excluding hydrogens is 584 g/mol. The van der Waals surface area contributed by atoms with Crippen LogP contribution in [0.15, 0.2) is 87.8 Å². The highest BCUT2D eigenvalue weighted by Crippen LogP contribution is 2.42. The smallest absolute Gasteiger partial charge is 0.161 e. The van der Waals surface area contributed by atoms with Gasteiger partial charge < -0.3 is 20.6 Å². The molecule has 2 atom stereocenters. The number of nitrogens with one attached hydrogen (secondary N) is 2. The van der Waals surface area contributed by atoms with Crippen LogP contribution in [0, 0.1) is 12.3 Å². The number of benzene rings is 1. The van der Waals surface area contributed by atoms with Crippen molar-refractivity contribution in [3.8, 4) is 0 Å². The molecule has 1 heterocycles. The molecule has 9 heteroatoms. The number of ether oxygens (including phenoxy) is 1. The van der Waals surface area contributed by atoms with Crippen molar-refractivity contribution in [2.24, 2.45) is 10.4 Å². The normalized spacial score (nSPS) is 21.1. The number of hydrazine groups is 1. The molecule has 3 rings (SSSR count). The number of aliphatic imine (C=N–C) groups is 1. The molecule has 1 aliphatic heterocycles. The zero-order chi connectivity index (χ0) is 34.4. The first kappa shape index (κ1) is 37.1. The van der Waals surface area contributed by atoms with E-state index < -0.39 is 22.8 Å². The van der Waals surface area contributed by atoms with Crippen molar-refractivity contribution in [3.05, 3.63) is 93.9 Å². The largest absolute Gasteiger partial charge is 0.379 e. The molecule has 252 valence electrons. The number of halogens is 2. The van der Waals surface area contributed by atoms with Crippen molar-refractivity contribution in [1.82, 2.24) is 15.3 Å². The summed E-state index contributed by atoms with van der Waals surface area (Å²) in [7, 11) is 1.74. The molecule has 7 nitrogen and oxygen atoms in total. The van der Waals surface area contributed by atoms with Gasteiger partial charge in [-0.15, -0.1) is 0 Å². The third-order valence-electron chi connectivity index (χ3n) is 8.70. The van der Waals surface area contributed by atoms with Gasteiger partial charge in [0.05, 0.1) is 13.2 Å². The zero-order valence-corrected chi connectivity index (χ0v) is 29.2. The molecule has 46 heavy (non-hydrogen) atoms.